The normalized spacial score (nSPS) is 26.6. The molecular formula is C22H31F3N2. The molecule has 2 aliphatic carbocycles. The van der Waals surface area contributed by atoms with Crippen LogP contribution in [0.1, 0.15) is 70.3 Å². The molecule has 2 aliphatic rings. The highest BCUT2D eigenvalue weighted by molar-refractivity contribution is 5.66. The van der Waals surface area contributed by atoms with E-state index in [1.807, 2.05) is 0 Å². The van der Waals surface area contributed by atoms with Crippen LogP contribution in [0.3, 0.4) is 0 Å². The summed E-state index contributed by atoms with van der Waals surface area (Å²) in [6, 6.07) is 3.23. The van der Waals surface area contributed by atoms with Crippen molar-refractivity contribution in [3.8, 4) is 0 Å². The zero-order chi connectivity index (χ0) is 19.4. The first kappa shape index (κ1) is 20.2. The summed E-state index contributed by atoms with van der Waals surface area (Å²) in [7, 11) is 1.00. The highest BCUT2D eigenvalue weighted by Crippen LogP contribution is 2.42. The predicted molar refractivity (Wildman–Crippen MR) is 104 cm³/mol. The fourth-order valence-electron chi connectivity index (χ4n) is 4.81. The topological polar surface area (TPSA) is 16.1 Å². The van der Waals surface area contributed by atoms with E-state index in [1.54, 1.807) is 12.3 Å². The average Bonchev–Trinajstić information content (AvgIpc) is 2.68. The molecule has 150 valence electrons. The SMILES string of the molecule is CCCC1CCC(C2CC=C(c3ccc(N(C)C(F)(F)F)nc3)CC2)CC1. The molecule has 1 aromatic heterocycles. The molecule has 0 N–H and O–H groups in total. The van der Waals surface area contributed by atoms with Crippen LogP contribution in [0, 0.1) is 17.8 Å². The summed E-state index contributed by atoms with van der Waals surface area (Å²) in [6.07, 6.45) is 11.0. The molecule has 5 heteroatoms. The lowest BCUT2D eigenvalue weighted by molar-refractivity contribution is -0.126. The summed E-state index contributed by atoms with van der Waals surface area (Å²) >= 11 is 0. The molecule has 1 atom stereocenters. The van der Waals surface area contributed by atoms with Crippen LogP contribution in [0.4, 0.5) is 19.0 Å². The Labute approximate surface area is 160 Å². The Hall–Kier alpha value is -1.52. The lowest BCUT2D eigenvalue weighted by atomic mass is 9.70. The van der Waals surface area contributed by atoms with Crippen LogP contribution in [-0.2, 0) is 0 Å². The van der Waals surface area contributed by atoms with Crippen LogP contribution in [0.2, 0.25) is 0 Å². The van der Waals surface area contributed by atoms with Crippen molar-refractivity contribution in [2.45, 2.75) is 71.0 Å². The lowest BCUT2D eigenvalue weighted by Crippen LogP contribution is -2.34. The third-order valence-corrected chi connectivity index (χ3v) is 6.55. The van der Waals surface area contributed by atoms with Crippen LogP contribution < -0.4 is 4.90 Å². The minimum absolute atomic E-state index is 0.0654. The van der Waals surface area contributed by atoms with E-state index in [-0.39, 0.29) is 10.7 Å². The molecule has 0 aromatic carbocycles. The van der Waals surface area contributed by atoms with Crippen LogP contribution >= 0.6 is 0 Å². The van der Waals surface area contributed by atoms with Gasteiger partial charge in [-0.3, -0.25) is 4.90 Å². The van der Waals surface area contributed by atoms with Crippen molar-refractivity contribution in [3.63, 3.8) is 0 Å². The molecule has 0 bridgehead atoms. The fraction of sp³-hybridized carbons (Fsp3) is 0.682. The van der Waals surface area contributed by atoms with Crippen molar-refractivity contribution in [1.29, 1.82) is 0 Å². The Morgan fingerprint density at radius 3 is 2.33 bits per heavy atom. The average molecular weight is 380 g/mol. The molecule has 1 saturated carbocycles. The number of hydrogen-bond donors (Lipinski definition) is 0. The van der Waals surface area contributed by atoms with Crippen molar-refractivity contribution < 1.29 is 13.2 Å². The Morgan fingerprint density at radius 2 is 1.81 bits per heavy atom. The molecule has 1 heterocycles. The Bertz CT molecular complexity index is 628. The van der Waals surface area contributed by atoms with Gasteiger partial charge >= 0.3 is 6.30 Å². The predicted octanol–water partition coefficient (Wildman–Crippen LogP) is 6.83. The number of aromatic nitrogens is 1. The highest BCUT2D eigenvalue weighted by Gasteiger charge is 2.35. The molecule has 0 amide bonds. The number of hydrogen-bond acceptors (Lipinski definition) is 2. The monoisotopic (exact) mass is 380 g/mol. The number of allylic oxidation sites excluding steroid dienone is 2. The maximum Gasteiger partial charge on any atom is 0.485 e. The van der Waals surface area contributed by atoms with Gasteiger partial charge in [-0.25, -0.2) is 4.98 Å². The first-order valence-electron chi connectivity index (χ1n) is 10.3. The summed E-state index contributed by atoms with van der Waals surface area (Å²) in [5.41, 5.74) is 2.19. The molecule has 1 fully saturated rings. The van der Waals surface area contributed by atoms with Crippen molar-refractivity contribution in [1.82, 2.24) is 4.98 Å². The number of anilines is 1. The van der Waals surface area contributed by atoms with Gasteiger partial charge in [0.05, 0.1) is 0 Å². The third-order valence-electron chi connectivity index (χ3n) is 6.55. The number of pyridine rings is 1. The Morgan fingerprint density at radius 1 is 1.07 bits per heavy atom. The van der Waals surface area contributed by atoms with E-state index < -0.39 is 6.30 Å². The van der Waals surface area contributed by atoms with Crippen molar-refractivity contribution in [3.05, 3.63) is 30.0 Å². The standard InChI is InChI=1S/C22H31F3N2/c1-3-4-16-5-7-17(8-6-16)18-9-11-19(12-10-18)20-13-14-21(26-15-20)27(2)22(23,24)25/h11,13-18H,3-10,12H2,1-2H3. The second-order valence-corrected chi connectivity index (χ2v) is 8.27. The summed E-state index contributed by atoms with van der Waals surface area (Å²) in [4.78, 5) is 4.27. The molecule has 0 saturated heterocycles. The second kappa shape index (κ2) is 8.66. The van der Waals surface area contributed by atoms with E-state index in [2.05, 4.69) is 18.0 Å². The minimum Gasteiger partial charge on any atom is -0.271 e. The maximum absolute atomic E-state index is 12.8. The van der Waals surface area contributed by atoms with Crippen molar-refractivity contribution in [2.24, 2.45) is 17.8 Å². The van der Waals surface area contributed by atoms with Crippen LogP contribution in [0.25, 0.3) is 5.57 Å². The van der Waals surface area contributed by atoms with E-state index >= 15 is 0 Å². The lowest BCUT2D eigenvalue weighted by Gasteiger charge is -2.35. The summed E-state index contributed by atoms with van der Waals surface area (Å²) < 4.78 is 38.3. The van der Waals surface area contributed by atoms with Crippen molar-refractivity contribution in [2.75, 3.05) is 11.9 Å². The molecule has 2 nitrogen and oxygen atoms in total. The summed E-state index contributed by atoms with van der Waals surface area (Å²) in [6.45, 7) is 2.28. The molecule has 3 rings (SSSR count). The molecule has 0 spiro atoms. The van der Waals surface area contributed by atoms with Gasteiger partial charge in [0.25, 0.3) is 0 Å². The van der Waals surface area contributed by atoms with E-state index in [4.69, 9.17) is 0 Å². The van der Waals surface area contributed by atoms with Crippen molar-refractivity contribution >= 4 is 11.4 Å². The third kappa shape index (κ3) is 5.05. The number of alkyl halides is 3. The zero-order valence-corrected chi connectivity index (χ0v) is 16.4. The molecule has 27 heavy (non-hydrogen) atoms. The Kier molecular flexibility index (Phi) is 6.48. The number of rotatable bonds is 5. The van der Waals surface area contributed by atoms with Crippen LogP contribution in [-0.4, -0.2) is 18.3 Å². The van der Waals surface area contributed by atoms with Crippen LogP contribution in [0.5, 0.6) is 0 Å². The van der Waals surface area contributed by atoms with Gasteiger partial charge in [-0.2, -0.15) is 13.2 Å². The van der Waals surface area contributed by atoms with Gasteiger partial charge in [-0.05, 0) is 73.1 Å². The molecule has 1 aromatic rings. The molecule has 0 radical (unpaired) electrons. The van der Waals surface area contributed by atoms with E-state index in [0.717, 1.165) is 43.2 Å². The quantitative estimate of drug-likeness (QED) is 0.521. The van der Waals surface area contributed by atoms with Gasteiger partial charge in [-0.15, -0.1) is 0 Å². The van der Waals surface area contributed by atoms with E-state index in [0.29, 0.717) is 0 Å². The maximum atomic E-state index is 12.8. The van der Waals surface area contributed by atoms with Gasteiger partial charge < -0.3 is 0 Å². The highest BCUT2D eigenvalue weighted by atomic mass is 19.4. The van der Waals surface area contributed by atoms with Crippen LogP contribution in [0.15, 0.2) is 24.4 Å². The molecule has 1 unspecified atom stereocenters. The molecular weight excluding hydrogens is 349 g/mol. The van der Waals surface area contributed by atoms with E-state index in [9.17, 15) is 13.2 Å². The Balaban J connectivity index is 1.56. The summed E-state index contributed by atoms with van der Waals surface area (Å²) in [5, 5.41) is 0. The summed E-state index contributed by atoms with van der Waals surface area (Å²) in [5.74, 6) is 2.52. The van der Waals surface area contributed by atoms with E-state index in [1.165, 1.54) is 56.6 Å². The van der Waals surface area contributed by atoms with Gasteiger partial charge in [-0.1, -0.05) is 38.7 Å². The minimum atomic E-state index is -4.40. The molecule has 0 aliphatic heterocycles. The zero-order valence-electron chi connectivity index (χ0n) is 16.4. The fourth-order valence-corrected chi connectivity index (χ4v) is 4.81. The largest absolute Gasteiger partial charge is 0.485 e. The second-order valence-electron chi connectivity index (χ2n) is 8.27. The number of halogens is 3. The first-order valence-corrected chi connectivity index (χ1v) is 10.3. The number of nitrogens with zero attached hydrogens (tertiary/aromatic N) is 2. The smallest absolute Gasteiger partial charge is 0.271 e. The first-order chi connectivity index (χ1) is 12.9. The van der Waals surface area contributed by atoms with Gasteiger partial charge in [0.15, 0.2) is 0 Å². The van der Waals surface area contributed by atoms with Gasteiger partial charge in [0.2, 0.25) is 0 Å². The van der Waals surface area contributed by atoms with Gasteiger partial charge in [0, 0.05) is 13.2 Å². The van der Waals surface area contributed by atoms with Gasteiger partial charge in [0.1, 0.15) is 5.82 Å².